The monoisotopic (exact) mass is 258 g/mol. The molecule has 0 aliphatic carbocycles. The summed E-state index contributed by atoms with van der Waals surface area (Å²) in [5.74, 6) is 0.660. The minimum atomic E-state index is 0.336. The highest BCUT2D eigenvalue weighted by atomic mass is 32.1. The fourth-order valence-corrected chi connectivity index (χ4v) is 1.90. The predicted molar refractivity (Wildman–Crippen MR) is 77.1 cm³/mol. The van der Waals surface area contributed by atoms with E-state index in [1.54, 1.807) is 12.4 Å². The molecule has 4 nitrogen and oxygen atoms in total. The maximum Gasteiger partial charge on any atom is 0.140 e. The first kappa shape index (κ1) is 12.4. The molecule has 0 amide bonds. The Labute approximate surface area is 111 Å². The van der Waals surface area contributed by atoms with Crippen molar-refractivity contribution in [3.63, 3.8) is 0 Å². The lowest BCUT2D eigenvalue weighted by Gasteiger charge is -2.12. The Morgan fingerprint density at radius 3 is 2.61 bits per heavy atom. The Kier molecular flexibility index (Phi) is 3.53. The van der Waals surface area contributed by atoms with Crippen LogP contribution in [0.4, 0.5) is 11.5 Å². The molecule has 2 heterocycles. The molecule has 0 saturated heterocycles. The van der Waals surface area contributed by atoms with Crippen molar-refractivity contribution >= 4 is 28.7 Å². The van der Waals surface area contributed by atoms with Crippen molar-refractivity contribution in [1.29, 1.82) is 0 Å². The fourth-order valence-electron chi connectivity index (χ4n) is 1.64. The number of aromatic nitrogens is 2. The second kappa shape index (κ2) is 5.10. The average molecular weight is 258 g/mol. The minimum absolute atomic E-state index is 0.336. The largest absolute Gasteiger partial charge is 0.389 e. The van der Waals surface area contributed by atoms with Gasteiger partial charge in [0.05, 0.1) is 17.4 Å². The Morgan fingerprint density at radius 2 is 2.00 bits per heavy atom. The fraction of sp³-hybridized carbons (Fsp3) is 0.154. The predicted octanol–water partition coefficient (Wildman–Crippen LogP) is 2.47. The number of nitrogens with one attached hydrogen (secondary N) is 1. The van der Waals surface area contributed by atoms with E-state index in [9.17, 15) is 0 Å². The van der Waals surface area contributed by atoms with E-state index in [0.29, 0.717) is 10.8 Å². The van der Waals surface area contributed by atoms with Crippen LogP contribution in [0.15, 0.2) is 30.6 Å². The van der Waals surface area contributed by atoms with E-state index in [4.69, 9.17) is 18.0 Å². The summed E-state index contributed by atoms with van der Waals surface area (Å²) in [6.07, 6.45) is 3.48. The van der Waals surface area contributed by atoms with Crippen LogP contribution in [0.5, 0.6) is 0 Å². The SMILES string of the molecule is Cc1ccc(Nc2nccc(C)c2C(N)=S)cn1. The lowest BCUT2D eigenvalue weighted by molar-refractivity contribution is 1.19. The van der Waals surface area contributed by atoms with Crippen molar-refractivity contribution < 1.29 is 0 Å². The first-order chi connectivity index (χ1) is 8.58. The maximum atomic E-state index is 5.73. The van der Waals surface area contributed by atoms with Crippen LogP contribution in [0.1, 0.15) is 16.8 Å². The van der Waals surface area contributed by atoms with E-state index in [-0.39, 0.29) is 0 Å². The molecular formula is C13H14N4S. The molecule has 0 aliphatic heterocycles. The average Bonchev–Trinajstić information content (AvgIpc) is 2.32. The normalized spacial score (nSPS) is 10.1. The summed E-state index contributed by atoms with van der Waals surface area (Å²) in [7, 11) is 0. The van der Waals surface area contributed by atoms with Gasteiger partial charge in [-0.15, -0.1) is 0 Å². The zero-order valence-corrected chi connectivity index (χ0v) is 11.1. The molecule has 0 radical (unpaired) electrons. The Balaban J connectivity index is 2.37. The standard InChI is InChI=1S/C13H14N4S/c1-8-5-6-15-13(11(8)12(14)18)17-10-4-3-9(2)16-7-10/h3-7H,1-2H3,(H2,14,18)(H,15,17). The molecule has 18 heavy (non-hydrogen) atoms. The van der Waals surface area contributed by atoms with Gasteiger partial charge in [-0.3, -0.25) is 4.98 Å². The number of hydrogen-bond donors (Lipinski definition) is 2. The lowest BCUT2D eigenvalue weighted by atomic mass is 10.1. The van der Waals surface area contributed by atoms with Crippen LogP contribution < -0.4 is 11.1 Å². The molecule has 2 aromatic rings. The van der Waals surface area contributed by atoms with Crippen LogP contribution in [0.25, 0.3) is 0 Å². The van der Waals surface area contributed by atoms with Gasteiger partial charge >= 0.3 is 0 Å². The van der Waals surface area contributed by atoms with Crippen molar-refractivity contribution in [1.82, 2.24) is 9.97 Å². The number of anilines is 2. The van der Waals surface area contributed by atoms with Gasteiger partial charge in [0.1, 0.15) is 10.8 Å². The smallest absolute Gasteiger partial charge is 0.140 e. The van der Waals surface area contributed by atoms with E-state index in [0.717, 1.165) is 22.5 Å². The molecule has 2 aromatic heterocycles. The van der Waals surface area contributed by atoms with Crippen LogP contribution in [-0.4, -0.2) is 15.0 Å². The third-order valence-corrected chi connectivity index (χ3v) is 2.78. The molecule has 0 spiro atoms. The van der Waals surface area contributed by atoms with Gasteiger partial charge in [-0.2, -0.15) is 0 Å². The molecule has 3 N–H and O–H groups in total. The number of aryl methyl sites for hydroxylation is 2. The molecule has 0 aliphatic rings. The van der Waals surface area contributed by atoms with Gasteiger partial charge in [-0.25, -0.2) is 4.98 Å². The lowest BCUT2D eigenvalue weighted by Crippen LogP contribution is -2.14. The van der Waals surface area contributed by atoms with Gasteiger partial charge in [0, 0.05) is 11.9 Å². The number of hydrogen-bond acceptors (Lipinski definition) is 4. The van der Waals surface area contributed by atoms with Crippen molar-refractivity contribution in [2.24, 2.45) is 5.73 Å². The highest BCUT2D eigenvalue weighted by Gasteiger charge is 2.09. The summed E-state index contributed by atoms with van der Waals surface area (Å²) in [4.78, 5) is 8.83. The minimum Gasteiger partial charge on any atom is -0.389 e. The molecular weight excluding hydrogens is 244 g/mol. The molecule has 0 fully saturated rings. The second-order valence-electron chi connectivity index (χ2n) is 4.03. The van der Waals surface area contributed by atoms with Crippen LogP contribution in [0.2, 0.25) is 0 Å². The number of pyridine rings is 2. The van der Waals surface area contributed by atoms with Crippen molar-refractivity contribution in [3.05, 3.63) is 47.4 Å². The maximum absolute atomic E-state index is 5.73. The zero-order valence-electron chi connectivity index (χ0n) is 10.3. The number of thiocarbonyl (C=S) groups is 1. The van der Waals surface area contributed by atoms with Gasteiger partial charge in [-0.1, -0.05) is 12.2 Å². The highest BCUT2D eigenvalue weighted by molar-refractivity contribution is 7.80. The van der Waals surface area contributed by atoms with Crippen LogP contribution in [-0.2, 0) is 0 Å². The molecule has 0 aromatic carbocycles. The number of nitrogens with two attached hydrogens (primary N) is 1. The summed E-state index contributed by atoms with van der Waals surface area (Å²) in [5, 5.41) is 3.18. The zero-order chi connectivity index (χ0) is 13.1. The highest BCUT2D eigenvalue weighted by Crippen LogP contribution is 2.20. The Hall–Kier alpha value is -2.01. The van der Waals surface area contributed by atoms with Crippen LogP contribution in [0, 0.1) is 13.8 Å². The summed E-state index contributed by atoms with van der Waals surface area (Å²) in [5.41, 5.74) is 9.32. The Bertz CT molecular complexity index is 578. The molecule has 2 rings (SSSR count). The van der Waals surface area contributed by atoms with E-state index in [1.165, 1.54) is 0 Å². The summed E-state index contributed by atoms with van der Waals surface area (Å²) in [6, 6.07) is 5.75. The topological polar surface area (TPSA) is 63.8 Å². The van der Waals surface area contributed by atoms with Crippen LogP contribution in [0.3, 0.4) is 0 Å². The van der Waals surface area contributed by atoms with Crippen LogP contribution >= 0.6 is 12.2 Å². The van der Waals surface area contributed by atoms with E-state index in [2.05, 4.69) is 15.3 Å². The second-order valence-corrected chi connectivity index (χ2v) is 4.47. The molecule has 0 atom stereocenters. The first-order valence-electron chi connectivity index (χ1n) is 5.53. The van der Waals surface area contributed by atoms with Crippen molar-refractivity contribution in [3.8, 4) is 0 Å². The van der Waals surface area contributed by atoms with Gasteiger partial charge < -0.3 is 11.1 Å². The number of nitrogens with zero attached hydrogens (tertiary/aromatic N) is 2. The van der Waals surface area contributed by atoms with E-state index in [1.807, 2.05) is 32.0 Å². The van der Waals surface area contributed by atoms with E-state index >= 15 is 0 Å². The van der Waals surface area contributed by atoms with Gasteiger partial charge in [-0.05, 0) is 37.6 Å². The van der Waals surface area contributed by atoms with Gasteiger partial charge in [0.25, 0.3) is 0 Å². The third kappa shape index (κ3) is 2.62. The molecule has 0 saturated carbocycles. The summed E-state index contributed by atoms with van der Waals surface area (Å²) in [6.45, 7) is 3.89. The van der Waals surface area contributed by atoms with E-state index < -0.39 is 0 Å². The van der Waals surface area contributed by atoms with Gasteiger partial charge in [0.2, 0.25) is 0 Å². The first-order valence-corrected chi connectivity index (χ1v) is 5.94. The van der Waals surface area contributed by atoms with Gasteiger partial charge in [0.15, 0.2) is 0 Å². The molecule has 92 valence electrons. The number of rotatable bonds is 3. The third-order valence-electron chi connectivity index (χ3n) is 2.58. The molecule has 5 heteroatoms. The van der Waals surface area contributed by atoms with Crippen molar-refractivity contribution in [2.45, 2.75) is 13.8 Å². The molecule has 0 bridgehead atoms. The summed E-state index contributed by atoms with van der Waals surface area (Å²) >= 11 is 5.06. The summed E-state index contributed by atoms with van der Waals surface area (Å²) < 4.78 is 0. The molecule has 0 unspecified atom stereocenters. The quantitative estimate of drug-likeness (QED) is 0.828. The Morgan fingerprint density at radius 1 is 1.22 bits per heavy atom. The van der Waals surface area contributed by atoms with Crippen molar-refractivity contribution in [2.75, 3.05) is 5.32 Å².